The van der Waals surface area contributed by atoms with Gasteiger partial charge in [0.05, 0.1) is 31.8 Å². The summed E-state index contributed by atoms with van der Waals surface area (Å²) in [5.41, 5.74) is -0.410. The number of hydrogen-bond acceptors (Lipinski definition) is 8. The fourth-order valence-electron chi connectivity index (χ4n) is 2.39. The zero-order chi connectivity index (χ0) is 21.4. The van der Waals surface area contributed by atoms with Crippen LogP contribution in [0.2, 0.25) is 0 Å². The molecule has 0 unspecified atom stereocenters. The Morgan fingerprint density at radius 1 is 1.07 bits per heavy atom. The number of amides is 1. The SMILES string of the molecule is CCOc1ccc(NC(=O)COC(=O)c2cc(OC)c(OC)cc2[N+](=O)[O-])cc1. The Balaban J connectivity index is 2.06. The molecule has 1 amide bonds. The predicted molar refractivity (Wildman–Crippen MR) is 103 cm³/mol. The van der Waals surface area contributed by atoms with Gasteiger partial charge in [0.25, 0.3) is 11.6 Å². The smallest absolute Gasteiger partial charge is 0.345 e. The van der Waals surface area contributed by atoms with Crippen molar-refractivity contribution in [2.45, 2.75) is 6.92 Å². The van der Waals surface area contributed by atoms with Crippen molar-refractivity contribution >= 4 is 23.3 Å². The molecular formula is C19H20N2O8. The van der Waals surface area contributed by atoms with Crippen molar-refractivity contribution in [2.24, 2.45) is 0 Å². The first-order valence-corrected chi connectivity index (χ1v) is 8.49. The Kier molecular flexibility index (Phi) is 7.35. The van der Waals surface area contributed by atoms with Gasteiger partial charge in [0.15, 0.2) is 18.1 Å². The molecule has 0 heterocycles. The van der Waals surface area contributed by atoms with E-state index in [1.54, 1.807) is 24.3 Å². The van der Waals surface area contributed by atoms with E-state index in [1.165, 1.54) is 14.2 Å². The molecule has 10 nitrogen and oxygen atoms in total. The van der Waals surface area contributed by atoms with Gasteiger partial charge in [0.2, 0.25) is 0 Å². The highest BCUT2D eigenvalue weighted by atomic mass is 16.6. The number of ether oxygens (including phenoxy) is 4. The molecule has 0 saturated heterocycles. The van der Waals surface area contributed by atoms with Crippen molar-refractivity contribution in [3.63, 3.8) is 0 Å². The van der Waals surface area contributed by atoms with Crippen LogP contribution >= 0.6 is 0 Å². The zero-order valence-electron chi connectivity index (χ0n) is 16.1. The third kappa shape index (κ3) is 5.58. The van der Waals surface area contributed by atoms with Crippen LogP contribution in [0.5, 0.6) is 17.2 Å². The molecule has 0 spiro atoms. The summed E-state index contributed by atoms with van der Waals surface area (Å²) in [6, 6.07) is 8.79. The first kappa shape index (κ1) is 21.5. The van der Waals surface area contributed by atoms with Crippen molar-refractivity contribution < 1.29 is 33.5 Å². The topological polar surface area (TPSA) is 126 Å². The first-order valence-electron chi connectivity index (χ1n) is 8.49. The van der Waals surface area contributed by atoms with Crippen LogP contribution in [-0.4, -0.2) is 44.2 Å². The number of methoxy groups -OCH3 is 2. The monoisotopic (exact) mass is 404 g/mol. The zero-order valence-corrected chi connectivity index (χ0v) is 16.1. The van der Waals surface area contributed by atoms with E-state index in [9.17, 15) is 19.7 Å². The Hall–Kier alpha value is -3.82. The van der Waals surface area contributed by atoms with E-state index in [0.29, 0.717) is 18.0 Å². The second-order valence-electron chi connectivity index (χ2n) is 5.56. The molecule has 0 saturated carbocycles. The number of carbonyl (C=O) groups is 2. The fraction of sp³-hybridized carbons (Fsp3) is 0.263. The summed E-state index contributed by atoms with van der Waals surface area (Å²) in [4.78, 5) is 34.8. The van der Waals surface area contributed by atoms with E-state index in [1.807, 2.05) is 6.92 Å². The number of nitro benzene ring substituents is 1. The lowest BCUT2D eigenvalue weighted by atomic mass is 10.1. The molecule has 2 aromatic carbocycles. The van der Waals surface area contributed by atoms with E-state index < -0.39 is 29.1 Å². The molecule has 0 aromatic heterocycles. The Labute approximate surface area is 166 Å². The summed E-state index contributed by atoms with van der Waals surface area (Å²) in [5.74, 6) is -0.796. The van der Waals surface area contributed by atoms with E-state index in [-0.39, 0.29) is 17.1 Å². The number of hydrogen-bond donors (Lipinski definition) is 1. The van der Waals surface area contributed by atoms with Crippen LogP contribution in [-0.2, 0) is 9.53 Å². The molecule has 29 heavy (non-hydrogen) atoms. The molecule has 0 aliphatic heterocycles. The van der Waals surface area contributed by atoms with Crippen LogP contribution in [0.4, 0.5) is 11.4 Å². The maximum atomic E-state index is 12.3. The van der Waals surface area contributed by atoms with Gasteiger partial charge in [0, 0.05) is 11.8 Å². The number of nitro groups is 1. The normalized spacial score (nSPS) is 10.0. The third-order valence-corrected chi connectivity index (χ3v) is 3.70. The van der Waals surface area contributed by atoms with E-state index in [0.717, 1.165) is 12.1 Å². The van der Waals surface area contributed by atoms with Gasteiger partial charge in [-0.15, -0.1) is 0 Å². The Morgan fingerprint density at radius 2 is 1.69 bits per heavy atom. The number of anilines is 1. The van der Waals surface area contributed by atoms with Gasteiger partial charge < -0.3 is 24.3 Å². The quantitative estimate of drug-likeness (QED) is 0.384. The summed E-state index contributed by atoms with van der Waals surface area (Å²) in [7, 11) is 2.63. The fourth-order valence-corrected chi connectivity index (χ4v) is 2.39. The minimum atomic E-state index is -1.04. The van der Waals surface area contributed by atoms with E-state index >= 15 is 0 Å². The van der Waals surface area contributed by atoms with Crippen LogP contribution in [0.1, 0.15) is 17.3 Å². The van der Waals surface area contributed by atoms with Crippen molar-refractivity contribution in [2.75, 3.05) is 32.8 Å². The summed E-state index contributed by atoms with van der Waals surface area (Å²) < 4.78 is 20.3. The maximum absolute atomic E-state index is 12.3. The maximum Gasteiger partial charge on any atom is 0.345 e. The van der Waals surface area contributed by atoms with E-state index in [4.69, 9.17) is 18.9 Å². The molecule has 0 radical (unpaired) electrons. The van der Waals surface area contributed by atoms with Crippen molar-refractivity contribution in [1.82, 2.24) is 0 Å². The molecule has 0 fully saturated rings. The highest BCUT2D eigenvalue weighted by Gasteiger charge is 2.26. The molecule has 0 atom stereocenters. The number of esters is 1. The first-order chi connectivity index (χ1) is 13.9. The number of nitrogens with zero attached hydrogens (tertiary/aromatic N) is 1. The molecule has 0 bridgehead atoms. The lowest BCUT2D eigenvalue weighted by molar-refractivity contribution is -0.385. The second kappa shape index (κ2) is 9.93. The van der Waals surface area contributed by atoms with Gasteiger partial charge in [0.1, 0.15) is 11.3 Å². The van der Waals surface area contributed by atoms with Gasteiger partial charge in [-0.25, -0.2) is 4.79 Å². The van der Waals surface area contributed by atoms with Crippen LogP contribution in [0.25, 0.3) is 0 Å². The van der Waals surface area contributed by atoms with Crippen LogP contribution in [0.3, 0.4) is 0 Å². The second-order valence-corrected chi connectivity index (χ2v) is 5.56. The minimum absolute atomic E-state index is 0.0870. The van der Waals surface area contributed by atoms with Gasteiger partial charge in [-0.3, -0.25) is 14.9 Å². The van der Waals surface area contributed by atoms with E-state index in [2.05, 4.69) is 5.32 Å². The largest absolute Gasteiger partial charge is 0.494 e. The molecule has 10 heteroatoms. The lowest BCUT2D eigenvalue weighted by Crippen LogP contribution is -2.21. The molecule has 0 aliphatic carbocycles. The number of carbonyl (C=O) groups excluding carboxylic acids is 2. The number of rotatable bonds is 9. The number of benzene rings is 2. The van der Waals surface area contributed by atoms with Crippen molar-refractivity contribution in [3.8, 4) is 17.2 Å². The Bertz CT molecular complexity index is 896. The summed E-state index contributed by atoms with van der Waals surface area (Å²) in [6.07, 6.45) is 0. The molecule has 2 rings (SSSR count). The van der Waals surface area contributed by atoms with Crippen LogP contribution in [0.15, 0.2) is 36.4 Å². The summed E-state index contributed by atoms with van der Waals surface area (Å²) >= 11 is 0. The molecule has 2 aromatic rings. The average Bonchev–Trinajstić information content (AvgIpc) is 2.72. The average molecular weight is 404 g/mol. The number of nitrogens with one attached hydrogen (secondary N) is 1. The molecule has 154 valence electrons. The van der Waals surface area contributed by atoms with Gasteiger partial charge in [-0.05, 0) is 31.2 Å². The standard InChI is InChI=1S/C19H20N2O8/c1-4-28-13-7-5-12(6-8-13)20-18(22)11-29-19(23)14-9-16(26-2)17(27-3)10-15(14)21(24)25/h5-10H,4,11H2,1-3H3,(H,20,22). The summed E-state index contributed by atoms with van der Waals surface area (Å²) in [6.45, 7) is 1.74. The third-order valence-electron chi connectivity index (χ3n) is 3.70. The lowest BCUT2D eigenvalue weighted by Gasteiger charge is -2.11. The van der Waals surface area contributed by atoms with Gasteiger partial charge >= 0.3 is 5.97 Å². The molecule has 0 aliphatic rings. The van der Waals surface area contributed by atoms with Gasteiger partial charge in [-0.2, -0.15) is 0 Å². The highest BCUT2D eigenvalue weighted by Crippen LogP contribution is 2.34. The molecular weight excluding hydrogens is 384 g/mol. The highest BCUT2D eigenvalue weighted by molar-refractivity contribution is 5.98. The summed E-state index contributed by atoms with van der Waals surface area (Å²) in [5, 5.41) is 13.8. The predicted octanol–water partition coefficient (Wildman–Crippen LogP) is 2.81. The van der Waals surface area contributed by atoms with Crippen molar-refractivity contribution in [3.05, 3.63) is 52.1 Å². The van der Waals surface area contributed by atoms with Crippen LogP contribution < -0.4 is 19.5 Å². The van der Waals surface area contributed by atoms with Crippen molar-refractivity contribution in [1.29, 1.82) is 0 Å². The Morgan fingerprint density at radius 3 is 2.24 bits per heavy atom. The molecule has 1 N–H and O–H groups in total. The van der Waals surface area contributed by atoms with Crippen LogP contribution in [0, 0.1) is 10.1 Å². The minimum Gasteiger partial charge on any atom is -0.494 e. The van der Waals surface area contributed by atoms with Gasteiger partial charge in [-0.1, -0.05) is 0 Å².